The number of amides is 2. The van der Waals surface area contributed by atoms with Crippen LogP contribution in [-0.4, -0.2) is 58.7 Å². The Hall–Kier alpha value is -1.58. The number of carbonyl (C=O) groups excluding carboxylic acids is 2. The SMILES string of the molecule is CCNCCc1cc(SC[C@@H](C)NC(C)=O)c(O)c(O)c1SC[C@@H](C)NC(C)=O. The van der Waals surface area contributed by atoms with Crippen LogP contribution in [0.4, 0.5) is 0 Å². The second kappa shape index (κ2) is 12.9. The van der Waals surface area contributed by atoms with Crippen LogP contribution in [0.3, 0.4) is 0 Å². The molecule has 1 rings (SSSR count). The fourth-order valence-electron chi connectivity index (χ4n) is 2.73. The number of hydrogen-bond donors (Lipinski definition) is 5. The van der Waals surface area contributed by atoms with Crippen LogP contribution < -0.4 is 16.0 Å². The van der Waals surface area contributed by atoms with Gasteiger partial charge in [0.2, 0.25) is 11.8 Å². The van der Waals surface area contributed by atoms with Crippen molar-refractivity contribution in [2.75, 3.05) is 24.6 Å². The van der Waals surface area contributed by atoms with Crippen molar-refractivity contribution in [2.45, 2.75) is 62.9 Å². The molecule has 7 nitrogen and oxygen atoms in total. The van der Waals surface area contributed by atoms with Crippen LogP contribution in [-0.2, 0) is 16.0 Å². The van der Waals surface area contributed by atoms with Crippen LogP contribution in [0, 0.1) is 0 Å². The minimum Gasteiger partial charge on any atom is -0.503 e. The molecule has 0 aromatic heterocycles. The maximum absolute atomic E-state index is 11.2. The molecule has 0 aliphatic rings. The highest BCUT2D eigenvalue weighted by Gasteiger charge is 2.19. The lowest BCUT2D eigenvalue weighted by molar-refractivity contribution is -0.120. The van der Waals surface area contributed by atoms with Crippen molar-refractivity contribution in [3.05, 3.63) is 11.6 Å². The first kappa shape index (κ1) is 25.5. The molecule has 0 spiro atoms. The van der Waals surface area contributed by atoms with E-state index in [1.807, 2.05) is 26.8 Å². The molecule has 164 valence electrons. The summed E-state index contributed by atoms with van der Waals surface area (Å²) >= 11 is 2.81. The number of benzene rings is 1. The van der Waals surface area contributed by atoms with Gasteiger partial charge >= 0.3 is 0 Å². The normalized spacial score (nSPS) is 13.0. The van der Waals surface area contributed by atoms with Crippen molar-refractivity contribution in [2.24, 2.45) is 0 Å². The van der Waals surface area contributed by atoms with E-state index in [2.05, 4.69) is 16.0 Å². The first-order chi connectivity index (χ1) is 13.6. The van der Waals surface area contributed by atoms with Gasteiger partial charge < -0.3 is 26.2 Å². The molecule has 0 bridgehead atoms. The minimum atomic E-state index is -0.146. The molecule has 29 heavy (non-hydrogen) atoms. The maximum atomic E-state index is 11.2. The Bertz CT molecular complexity index is 701. The summed E-state index contributed by atoms with van der Waals surface area (Å²) in [5, 5.41) is 30.1. The monoisotopic (exact) mass is 443 g/mol. The van der Waals surface area contributed by atoms with Crippen molar-refractivity contribution in [3.8, 4) is 11.5 Å². The summed E-state index contributed by atoms with van der Waals surface area (Å²) in [5.74, 6) is 0.674. The van der Waals surface area contributed by atoms with Gasteiger partial charge in [-0.1, -0.05) is 6.92 Å². The van der Waals surface area contributed by atoms with Gasteiger partial charge in [-0.05, 0) is 45.0 Å². The average Bonchev–Trinajstić information content (AvgIpc) is 2.61. The molecule has 0 aliphatic carbocycles. The highest BCUT2D eigenvalue weighted by molar-refractivity contribution is 8.00. The number of thioether (sulfide) groups is 2. The van der Waals surface area contributed by atoms with Crippen LogP contribution in [0.2, 0.25) is 0 Å². The molecule has 0 saturated heterocycles. The standard InChI is InChI=1S/C20H33N3O4S2/c1-6-21-8-7-16-9-17(28-10-12(2)22-14(4)24)18(26)19(27)20(16)29-11-13(3)23-15(5)25/h9,12-13,21,26-27H,6-8,10-11H2,1-5H3,(H,22,24)(H,23,25)/t12-,13-/m1/s1. The minimum absolute atomic E-state index is 0.0585. The number of phenolic OH excluding ortho intramolecular Hbond substituents is 2. The zero-order chi connectivity index (χ0) is 22.0. The summed E-state index contributed by atoms with van der Waals surface area (Å²) in [6.45, 7) is 10.4. The molecular formula is C20H33N3O4S2. The Labute approximate surface area is 181 Å². The summed E-state index contributed by atoms with van der Waals surface area (Å²) in [6.07, 6.45) is 0.702. The third-order valence-electron chi connectivity index (χ3n) is 3.96. The van der Waals surface area contributed by atoms with Crippen LogP contribution in [0.15, 0.2) is 15.9 Å². The second-order valence-corrected chi connectivity index (χ2v) is 9.08. The van der Waals surface area contributed by atoms with E-state index in [0.717, 1.165) is 18.7 Å². The summed E-state index contributed by atoms with van der Waals surface area (Å²) in [5.41, 5.74) is 0.941. The first-order valence-electron chi connectivity index (χ1n) is 9.73. The molecule has 2 amide bonds. The van der Waals surface area contributed by atoms with Gasteiger partial charge in [0.1, 0.15) is 0 Å². The zero-order valence-electron chi connectivity index (χ0n) is 17.8. The van der Waals surface area contributed by atoms with Gasteiger partial charge in [-0.3, -0.25) is 9.59 Å². The fraction of sp³-hybridized carbons (Fsp3) is 0.600. The number of nitrogens with one attached hydrogen (secondary N) is 3. The number of hydrogen-bond acceptors (Lipinski definition) is 7. The van der Waals surface area contributed by atoms with E-state index in [1.165, 1.54) is 37.4 Å². The maximum Gasteiger partial charge on any atom is 0.217 e. The molecule has 0 fully saturated rings. The predicted octanol–water partition coefficient (Wildman–Crippen LogP) is 2.48. The van der Waals surface area contributed by atoms with E-state index in [-0.39, 0.29) is 35.4 Å². The molecule has 0 aliphatic heterocycles. The lowest BCUT2D eigenvalue weighted by Crippen LogP contribution is -2.32. The number of likely N-dealkylation sites (N-methyl/N-ethyl adjacent to an activating group) is 1. The number of phenols is 2. The summed E-state index contributed by atoms with van der Waals surface area (Å²) in [4.78, 5) is 23.6. The first-order valence-corrected chi connectivity index (χ1v) is 11.7. The van der Waals surface area contributed by atoms with Crippen LogP contribution in [0.1, 0.15) is 40.2 Å². The zero-order valence-corrected chi connectivity index (χ0v) is 19.4. The number of aromatic hydroxyl groups is 2. The van der Waals surface area contributed by atoms with Crippen molar-refractivity contribution in [3.63, 3.8) is 0 Å². The second-order valence-electron chi connectivity index (χ2n) is 6.99. The fourth-order valence-corrected chi connectivity index (χ4v) is 4.78. The van der Waals surface area contributed by atoms with Gasteiger partial charge in [0, 0.05) is 37.4 Å². The van der Waals surface area contributed by atoms with Crippen molar-refractivity contribution < 1.29 is 19.8 Å². The van der Waals surface area contributed by atoms with E-state index in [4.69, 9.17) is 0 Å². The van der Waals surface area contributed by atoms with E-state index < -0.39 is 0 Å². The Morgan fingerprint density at radius 3 is 2.07 bits per heavy atom. The lowest BCUT2D eigenvalue weighted by Gasteiger charge is -2.19. The molecule has 0 heterocycles. The third-order valence-corrected chi connectivity index (χ3v) is 6.66. The summed E-state index contributed by atoms with van der Waals surface area (Å²) < 4.78 is 0. The highest BCUT2D eigenvalue weighted by atomic mass is 32.2. The molecule has 5 N–H and O–H groups in total. The quantitative estimate of drug-likeness (QED) is 0.192. The largest absolute Gasteiger partial charge is 0.503 e. The van der Waals surface area contributed by atoms with E-state index in [1.54, 1.807) is 0 Å². The summed E-state index contributed by atoms with van der Waals surface area (Å²) in [7, 11) is 0. The molecule has 2 atom stereocenters. The Balaban J connectivity index is 3.02. The van der Waals surface area contributed by atoms with Crippen LogP contribution in [0.25, 0.3) is 0 Å². The molecular weight excluding hydrogens is 410 g/mol. The van der Waals surface area contributed by atoms with Crippen molar-refractivity contribution in [1.29, 1.82) is 0 Å². The Morgan fingerprint density at radius 2 is 1.55 bits per heavy atom. The lowest BCUT2D eigenvalue weighted by atomic mass is 10.1. The molecule has 1 aromatic carbocycles. The molecule has 0 unspecified atom stereocenters. The molecule has 1 aromatic rings. The molecule has 0 radical (unpaired) electrons. The number of rotatable bonds is 12. The van der Waals surface area contributed by atoms with Crippen molar-refractivity contribution >= 4 is 35.3 Å². The topological polar surface area (TPSA) is 111 Å². The van der Waals surface area contributed by atoms with E-state index >= 15 is 0 Å². The summed E-state index contributed by atoms with van der Waals surface area (Å²) in [6, 6.07) is 1.79. The highest BCUT2D eigenvalue weighted by Crippen LogP contribution is 2.45. The van der Waals surface area contributed by atoms with Gasteiger partial charge in [-0.25, -0.2) is 0 Å². The predicted molar refractivity (Wildman–Crippen MR) is 120 cm³/mol. The molecule has 0 saturated carbocycles. The number of carbonyl (C=O) groups is 2. The molecule has 9 heteroatoms. The Morgan fingerprint density at radius 1 is 1.00 bits per heavy atom. The van der Waals surface area contributed by atoms with Gasteiger partial charge in [-0.15, -0.1) is 23.5 Å². The van der Waals surface area contributed by atoms with Gasteiger partial charge in [0.25, 0.3) is 0 Å². The van der Waals surface area contributed by atoms with E-state index in [0.29, 0.717) is 27.7 Å². The van der Waals surface area contributed by atoms with E-state index in [9.17, 15) is 19.8 Å². The smallest absolute Gasteiger partial charge is 0.217 e. The third kappa shape index (κ3) is 9.18. The average molecular weight is 444 g/mol. The van der Waals surface area contributed by atoms with Crippen molar-refractivity contribution in [1.82, 2.24) is 16.0 Å². The van der Waals surface area contributed by atoms with Gasteiger partial charge in [-0.2, -0.15) is 0 Å². The van der Waals surface area contributed by atoms with Crippen LogP contribution in [0.5, 0.6) is 11.5 Å². The van der Waals surface area contributed by atoms with Gasteiger partial charge in [0.05, 0.1) is 9.79 Å². The van der Waals surface area contributed by atoms with Gasteiger partial charge in [0.15, 0.2) is 11.5 Å². The van der Waals surface area contributed by atoms with Crippen LogP contribution >= 0.6 is 23.5 Å². The Kier molecular flexibility index (Phi) is 11.3.